The highest BCUT2D eigenvalue weighted by Gasteiger charge is 2.45. The van der Waals surface area contributed by atoms with E-state index in [2.05, 4.69) is 15.9 Å². The Hall–Kier alpha value is -2.58. The number of piperazine rings is 1. The average Bonchev–Trinajstić information content (AvgIpc) is 2.88. The van der Waals surface area contributed by atoms with Gasteiger partial charge in [0.1, 0.15) is 18.0 Å². The minimum absolute atomic E-state index is 0.0944. The number of rotatable bonds is 6. The molecule has 1 saturated heterocycles. The van der Waals surface area contributed by atoms with Crippen molar-refractivity contribution < 1.29 is 24.2 Å². The third kappa shape index (κ3) is 7.08. The fourth-order valence-electron chi connectivity index (χ4n) is 5.30. The summed E-state index contributed by atoms with van der Waals surface area (Å²) in [6.07, 6.45) is 3.67. The molecule has 0 radical (unpaired) electrons. The molecule has 1 atom stereocenters. The first-order chi connectivity index (χ1) is 18.1. The van der Waals surface area contributed by atoms with Gasteiger partial charge in [0.25, 0.3) is 0 Å². The van der Waals surface area contributed by atoms with Crippen LogP contribution in [0.25, 0.3) is 0 Å². The molecule has 2 fully saturated rings. The van der Waals surface area contributed by atoms with E-state index in [1.807, 2.05) is 69.3 Å². The van der Waals surface area contributed by atoms with Gasteiger partial charge in [-0.2, -0.15) is 0 Å². The molecule has 1 heterocycles. The summed E-state index contributed by atoms with van der Waals surface area (Å²) in [5.41, 5.74) is 0.166. The molecule has 2 aromatic carbocycles. The monoisotopic (exact) mass is 586 g/mol. The zero-order valence-corrected chi connectivity index (χ0v) is 24.2. The highest BCUT2D eigenvalue weighted by Crippen LogP contribution is 2.43. The van der Waals surface area contributed by atoms with Gasteiger partial charge in [-0.25, -0.2) is 4.79 Å². The predicted octanol–water partition coefficient (Wildman–Crippen LogP) is 5.89. The predicted molar refractivity (Wildman–Crippen MR) is 150 cm³/mol. The van der Waals surface area contributed by atoms with Crippen molar-refractivity contribution >= 4 is 27.9 Å². The van der Waals surface area contributed by atoms with E-state index < -0.39 is 17.1 Å². The van der Waals surface area contributed by atoms with Gasteiger partial charge in [-0.05, 0) is 72.8 Å². The third-order valence-corrected chi connectivity index (χ3v) is 7.89. The summed E-state index contributed by atoms with van der Waals surface area (Å²) in [7, 11) is 0. The molecule has 1 aliphatic heterocycles. The number of nitrogens with zero attached hydrogens (tertiary/aromatic N) is 2. The molecule has 4 rings (SSSR count). The summed E-state index contributed by atoms with van der Waals surface area (Å²) in [6, 6.07) is 15.6. The van der Waals surface area contributed by atoms with E-state index in [9.17, 15) is 14.7 Å². The Kier molecular flexibility index (Phi) is 9.04. The number of carbonyl (C=O) groups is 2. The first-order valence-electron chi connectivity index (χ1n) is 13.5. The number of hydrogen-bond donors (Lipinski definition) is 1. The van der Waals surface area contributed by atoms with Crippen molar-refractivity contribution in [2.24, 2.45) is 0 Å². The van der Waals surface area contributed by atoms with Gasteiger partial charge >= 0.3 is 6.09 Å². The lowest BCUT2D eigenvalue weighted by molar-refractivity contribution is -0.143. The molecule has 0 spiro atoms. The van der Waals surface area contributed by atoms with E-state index in [1.54, 1.807) is 9.80 Å². The minimum Gasteiger partial charge on any atom is -0.488 e. The van der Waals surface area contributed by atoms with Crippen LogP contribution < -0.4 is 4.74 Å². The highest BCUT2D eigenvalue weighted by atomic mass is 79.9. The Bertz CT molecular complexity index is 1100. The molecule has 7 nitrogen and oxygen atoms in total. The molecule has 1 saturated carbocycles. The van der Waals surface area contributed by atoms with Crippen LogP contribution in [-0.4, -0.2) is 64.3 Å². The summed E-state index contributed by atoms with van der Waals surface area (Å²) >= 11 is 3.63. The maximum Gasteiger partial charge on any atom is 0.410 e. The van der Waals surface area contributed by atoms with Crippen LogP contribution in [0.3, 0.4) is 0 Å². The van der Waals surface area contributed by atoms with Crippen LogP contribution in [-0.2, 0) is 16.1 Å². The van der Waals surface area contributed by atoms with Crippen molar-refractivity contribution in [3.8, 4) is 5.75 Å². The standard InChI is InChI=1S/C30H39BrN2O5/c1-29(2,3)38-28(35)33-18-16-32(17-19-33)27(34)26(30(36)14-8-5-9-15-30)23-12-13-25(24(31)20-23)37-21-22-10-6-4-7-11-22/h4,6-7,10-13,20,26,36H,5,8-9,14-19,21H2,1-3H3. The minimum atomic E-state index is -1.11. The molecule has 1 aliphatic carbocycles. The number of ether oxygens (including phenoxy) is 2. The van der Waals surface area contributed by atoms with Gasteiger partial charge in [-0.15, -0.1) is 0 Å². The van der Waals surface area contributed by atoms with Crippen molar-refractivity contribution in [1.82, 2.24) is 9.80 Å². The van der Waals surface area contributed by atoms with Crippen molar-refractivity contribution in [3.63, 3.8) is 0 Å². The smallest absolute Gasteiger partial charge is 0.410 e. The lowest BCUT2D eigenvalue weighted by Crippen LogP contribution is -2.55. The van der Waals surface area contributed by atoms with E-state index in [0.29, 0.717) is 51.4 Å². The van der Waals surface area contributed by atoms with Crippen molar-refractivity contribution in [1.29, 1.82) is 0 Å². The maximum atomic E-state index is 14.0. The van der Waals surface area contributed by atoms with E-state index in [4.69, 9.17) is 9.47 Å². The first-order valence-corrected chi connectivity index (χ1v) is 14.3. The number of benzene rings is 2. The quantitative estimate of drug-likeness (QED) is 0.457. The molecule has 2 aromatic rings. The van der Waals surface area contributed by atoms with E-state index >= 15 is 0 Å². The second kappa shape index (κ2) is 12.1. The van der Waals surface area contributed by atoms with Gasteiger partial charge in [0.2, 0.25) is 5.91 Å². The van der Waals surface area contributed by atoms with Crippen molar-refractivity contribution in [2.45, 2.75) is 76.6 Å². The molecule has 2 amide bonds. The van der Waals surface area contributed by atoms with Crippen LogP contribution in [0.2, 0.25) is 0 Å². The topological polar surface area (TPSA) is 79.3 Å². The van der Waals surface area contributed by atoms with Crippen molar-refractivity contribution in [2.75, 3.05) is 26.2 Å². The normalized spacial score (nSPS) is 18.6. The number of aliphatic hydroxyl groups is 1. The molecular weight excluding hydrogens is 548 g/mol. The summed E-state index contributed by atoms with van der Waals surface area (Å²) in [6.45, 7) is 7.59. The van der Waals surface area contributed by atoms with Crippen LogP contribution in [0.1, 0.15) is 69.9 Å². The molecule has 8 heteroatoms. The van der Waals surface area contributed by atoms with Crippen molar-refractivity contribution in [3.05, 3.63) is 64.1 Å². The largest absolute Gasteiger partial charge is 0.488 e. The molecule has 206 valence electrons. The summed E-state index contributed by atoms with van der Waals surface area (Å²) in [4.78, 5) is 29.9. The summed E-state index contributed by atoms with van der Waals surface area (Å²) in [5.74, 6) is -0.0937. The molecule has 38 heavy (non-hydrogen) atoms. The Morgan fingerprint density at radius 3 is 2.21 bits per heavy atom. The Labute approximate surface area is 234 Å². The molecular formula is C30H39BrN2O5. The van der Waals surface area contributed by atoms with Crippen LogP contribution in [0.15, 0.2) is 53.0 Å². The SMILES string of the molecule is CC(C)(C)OC(=O)N1CCN(C(=O)C(c2ccc(OCc3ccccc3)c(Br)c2)C2(O)CCCCC2)CC1. The zero-order valence-electron chi connectivity index (χ0n) is 22.6. The van der Waals surface area contributed by atoms with Gasteiger partial charge in [-0.1, -0.05) is 55.7 Å². The maximum absolute atomic E-state index is 14.0. The third-order valence-electron chi connectivity index (χ3n) is 7.27. The molecule has 0 aromatic heterocycles. The number of amides is 2. The number of halogens is 1. The fraction of sp³-hybridized carbons (Fsp3) is 0.533. The molecule has 1 N–H and O–H groups in total. The summed E-state index contributed by atoms with van der Waals surface area (Å²) < 4.78 is 12.3. The van der Waals surface area contributed by atoms with E-state index in [1.165, 1.54) is 0 Å². The van der Waals surface area contributed by atoms with Crippen LogP contribution in [0.5, 0.6) is 5.75 Å². The Morgan fingerprint density at radius 2 is 1.61 bits per heavy atom. The van der Waals surface area contributed by atoms with Gasteiger partial charge < -0.3 is 24.4 Å². The van der Waals surface area contributed by atoms with Gasteiger partial charge in [0.15, 0.2) is 0 Å². The second-order valence-corrected chi connectivity index (χ2v) is 12.2. The molecule has 0 bridgehead atoms. The number of carbonyl (C=O) groups excluding carboxylic acids is 2. The lowest BCUT2D eigenvalue weighted by atomic mass is 9.72. The number of hydrogen-bond acceptors (Lipinski definition) is 5. The van der Waals surface area contributed by atoms with Gasteiger partial charge in [0, 0.05) is 26.2 Å². The first kappa shape index (κ1) is 28.4. The lowest BCUT2D eigenvalue weighted by Gasteiger charge is -2.43. The van der Waals surface area contributed by atoms with E-state index in [-0.39, 0.29) is 12.0 Å². The average molecular weight is 588 g/mol. The van der Waals surface area contributed by atoms with Crippen LogP contribution in [0.4, 0.5) is 4.79 Å². The molecule has 2 aliphatic rings. The van der Waals surface area contributed by atoms with Crippen LogP contribution >= 0.6 is 15.9 Å². The summed E-state index contributed by atoms with van der Waals surface area (Å²) in [5, 5.41) is 11.8. The van der Waals surface area contributed by atoms with Gasteiger partial charge in [0.05, 0.1) is 16.0 Å². The van der Waals surface area contributed by atoms with Crippen LogP contribution in [0, 0.1) is 0 Å². The highest BCUT2D eigenvalue weighted by molar-refractivity contribution is 9.10. The Morgan fingerprint density at radius 1 is 0.974 bits per heavy atom. The zero-order chi connectivity index (χ0) is 27.3. The second-order valence-electron chi connectivity index (χ2n) is 11.4. The van der Waals surface area contributed by atoms with E-state index in [0.717, 1.165) is 34.9 Å². The van der Waals surface area contributed by atoms with Gasteiger partial charge in [-0.3, -0.25) is 4.79 Å². The fourth-order valence-corrected chi connectivity index (χ4v) is 5.81. The molecule has 1 unspecified atom stereocenters. The Balaban J connectivity index is 1.50.